The maximum atomic E-state index is 3.83. The van der Waals surface area contributed by atoms with Crippen molar-refractivity contribution in [1.29, 1.82) is 0 Å². The van der Waals surface area contributed by atoms with Crippen molar-refractivity contribution in [2.45, 2.75) is 58.8 Å². The van der Waals surface area contributed by atoms with E-state index in [-0.39, 0.29) is 0 Å². The van der Waals surface area contributed by atoms with Crippen molar-refractivity contribution in [2.24, 2.45) is 17.3 Å². The third-order valence-electron chi connectivity index (χ3n) is 5.42. The van der Waals surface area contributed by atoms with Crippen LogP contribution in [0.1, 0.15) is 58.8 Å². The number of hydrogen-bond acceptors (Lipinski definition) is 1. The van der Waals surface area contributed by atoms with E-state index >= 15 is 0 Å². The maximum absolute atomic E-state index is 3.83. The van der Waals surface area contributed by atoms with Crippen LogP contribution < -0.4 is 0 Å². The molecule has 0 aromatic heterocycles. The van der Waals surface area contributed by atoms with E-state index in [1.54, 1.807) is 0 Å². The first kappa shape index (κ1) is 14.8. The fraction of sp³-hybridized carbons (Fsp3) is 1.00. The molecule has 1 aliphatic carbocycles. The summed E-state index contributed by atoms with van der Waals surface area (Å²) in [4.78, 5) is 2.76. The van der Waals surface area contributed by atoms with Gasteiger partial charge in [0.2, 0.25) is 0 Å². The summed E-state index contributed by atoms with van der Waals surface area (Å²) in [6, 6.07) is 0. The van der Waals surface area contributed by atoms with Crippen molar-refractivity contribution in [3.05, 3.63) is 0 Å². The lowest BCUT2D eigenvalue weighted by Gasteiger charge is -2.42. The van der Waals surface area contributed by atoms with Crippen LogP contribution in [-0.4, -0.2) is 29.9 Å². The van der Waals surface area contributed by atoms with Gasteiger partial charge in [0.1, 0.15) is 0 Å². The lowest BCUT2D eigenvalue weighted by molar-refractivity contribution is 0.0848. The van der Waals surface area contributed by atoms with Gasteiger partial charge in [-0.1, -0.05) is 55.5 Å². The number of piperidine rings is 1. The summed E-state index contributed by atoms with van der Waals surface area (Å²) in [5, 5.41) is 1.21. The van der Waals surface area contributed by atoms with Gasteiger partial charge in [-0.3, -0.25) is 0 Å². The zero-order valence-corrected chi connectivity index (χ0v) is 13.8. The molecule has 2 atom stereocenters. The van der Waals surface area contributed by atoms with Crippen molar-refractivity contribution in [2.75, 3.05) is 25.0 Å². The van der Waals surface area contributed by atoms with Gasteiger partial charge in [-0.2, -0.15) is 0 Å². The SMILES string of the molecule is CC1CCN(CC2(CBr)CCCCCC2)CC1C. The standard InChI is InChI=1S/C16H30BrN/c1-14-7-10-18(11-15(14)2)13-16(12-17)8-5-3-4-6-9-16/h14-15H,3-13H2,1-2H3. The molecule has 1 saturated heterocycles. The molecule has 106 valence electrons. The third-order valence-corrected chi connectivity index (χ3v) is 6.61. The average Bonchev–Trinajstić information content (AvgIpc) is 2.60. The molecule has 0 spiro atoms. The van der Waals surface area contributed by atoms with Gasteiger partial charge < -0.3 is 4.90 Å². The number of rotatable bonds is 3. The molecule has 1 aliphatic heterocycles. The highest BCUT2D eigenvalue weighted by Gasteiger charge is 2.34. The highest BCUT2D eigenvalue weighted by atomic mass is 79.9. The lowest BCUT2D eigenvalue weighted by atomic mass is 9.80. The summed E-state index contributed by atoms with van der Waals surface area (Å²) in [6.45, 7) is 8.87. The first-order valence-electron chi connectivity index (χ1n) is 7.93. The Kier molecular flexibility index (Phi) is 5.56. The Bertz CT molecular complexity index is 245. The monoisotopic (exact) mass is 315 g/mol. The van der Waals surface area contributed by atoms with Crippen molar-refractivity contribution >= 4 is 15.9 Å². The Balaban J connectivity index is 1.92. The van der Waals surface area contributed by atoms with Crippen LogP contribution in [-0.2, 0) is 0 Å². The summed E-state index contributed by atoms with van der Waals surface area (Å²) < 4.78 is 0. The van der Waals surface area contributed by atoms with Crippen LogP contribution in [0.2, 0.25) is 0 Å². The van der Waals surface area contributed by atoms with Crippen molar-refractivity contribution in [3.8, 4) is 0 Å². The average molecular weight is 316 g/mol. The number of nitrogens with zero attached hydrogens (tertiary/aromatic N) is 1. The lowest BCUT2D eigenvalue weighted by Crippen LogP contribution is -2.45. The zero-order chi connectivity index (χ0) is 13.0. The number of likely N-dealkylation sites (tertiary alicyclic amines) is 1. The van der Waals surface area contributed by atoms with Crippen LogP contribution >= 0.6 is 15.9 Å². The van der Waals surface area contributed by atoms with Crippen LogP contribution in [0.3, 0.4) is 0 Å². The van der Waals surface area contributed by atoms with E-state index in [0.29, 0.717) is 5.41 Å². The van der Waals surface area contributed by atoms with Crippen molar-refractivity contribution < 1.29 is 0 Å². The predicted molar refractivity (Wildman–Crippen MR) is 83.3 cm³/mol. The highest BCUT2D eigenvalue weighted by Crippen LogP contribution is 2.38. The highest BCUT2D eigenvalue weighted by molar-refractivity contribution is 9.09. The summed E-state index contributed by atoms with van der Waals surface area (Å²) in [5.74, 6) is 1.81. The number of halogens is 1. The van der Waals surface area contributed by atoms with Gasteiger partial charge in [-0.05, 0) is 43.1 Å². The second-order valence-electron chi connectivity index (χ2n) is 7.03. The van der Waals surface area contributed by atoms with E-state index in [4.69, 9.17) is 0 Å². The molecule has 1 saturated carbocycles. The molecule has 0 aromatic carbocycles. The van der Waals surface area contributed by atoms with Gasteiger partial charge in [-0.25, -0.2) is 0 Å². The predicted octanol–water partition coefficient (Wildman–Crippen LogP) is 4.70. The molecular weight excluding hydrogens is 286 g/mol. The van der Waals surface area contributed by atoms with Crippen LogP contribution in [0, 0.1) is 17.3 Å². The van der Waals surface area contributed by atoms with Crippen LogP contribution in [0.5, 0.6) is 0 Å². The summed E-state index contributed by atoms with van der Waals surface area (Å²) >= 11 is 3.83. The largest absolute Gasteiger partial charge is 0.302 e. The van der Waals surface area contributed by atoms with Gasteiger partial charge in [0, 0.05) is 18.4 Å². The third kappa shape index (κ3) is 3.72. The maximum Gasteiger partial charge on any atom is 0.0100 e. The van der Waals surface area contributed by atoms with E-state index in [2.05, 4.69) is 34.7 Å². The van der Waals surface area contributed by atoms with E-state index in [1.807, 2.05) is 0 Å². The van der Waals surface area contributed by atoms with E-state index in [1.165, 1.54) is 69.9 Å². The first-order chi connectivity index (χ1) is 8.65. The summed E-state index contributed by atoms with van der Waals surface area (Å²) in [7, 11) is 0. The molecule has 2 unspecified atom stereocenters. The van der Waals surface area contributed by atoms with Gasteiger partial charge >= 0.3 is 0 Å². The molecule has 0 N–H and O–H groups in total. The van der Waals surface area contributed by atoms with Crippen LogP contribution in [0.25, 0.3) is 0 Å². The first-order valence-corrected chi connectivity index (χ1v) is 9.06. The molecular formula is C16H30BrN. The molecule has 1 nitrogen and oxygen atoms in total. The molecule has 0 aromatic rings. The van der Waals surface area contributed by atoms with E-state index in [9.17, 15) is 0 Å². The van der Waals surface area contributed by atoms with E-state index in [0.717, 1.165) is 11.8 Å². The van der Waals surface area contributed by atoms with E-state index < -0.39 is 0 Å². The fourth-order valence-corrected chi connectivity index (χ4v) is 4.52. The van der Waals surface area contributed by atoms with Gasteiger partial charge in [0.15, 0.2) is 0 Å². The smallest absolute Gasteiger partial charge is 0.0100 e. The molecule has 2 aliphatic rings. The van der Waals surface area contributed by atoms with Crippen LogP contribution in [0.4, 0.5) is 0 Å². The minimum Gasteiger partial charge on any atom is -0.302 e. The summed E-state index contributed by atoms with van der Waals surface area (Å²) in [5.41, 5.74) is 0.580. The Morgan fingerprint density at radius 2 is 1.72 bits per heavy atom. The normalized spacial score (nSPS) is 34.2. The Hall–Kier alpha value is 0.440. The Morgan fingerprint density at radius 1 is 1.06 bits per heavy atom. The fourth-order valence-electron chi connectivity index (χ4n) is 3.78. The minimum atomic E-state index is 0.580. The van der Waals surface area contributed by atoms with Crippen molar-refractivity contribution in [3.63, 3.8) is 0 Å². The van der Waals surface area contributed by atoms with Gasteiger partial charge in [-0.15, -0.1) is 0 Å². The number of hydrogen-bond donors (Lipinski definition) is 0. The quantitative estimate of drug-likeness (QED) is 0.539. The molecule has 18 heavy (non-hydrogen) atoms. The molecule has 2 heteroatoms. The second-order valence-corrected chi connectivity index (χ2v) is 7.59. The topological polar surface area (TPSA) is 3.24 Å². The molecule has 0 radical (unpaired) electrons. The van der Waals surface area contributed by atoms with Gasteiger partial charge in [0.25, 0.3) is 0 Å². The molecule has 1 heterocycles. The van der Waals surface area contributed by atoms with Crippen LogP contribution in [0.15, 0.2) is 0 Å². The van der Waals surface area contributed by atoms with Crippen molar-refractivity contribution in [1.82, 2.24) is 4.90 Å². The summed E-state index contributed by atoms with van der Waals surface area (Å²) in [6.07, 6.45) is 10.1. The minimum absolute atomic E-state index is 0.580. The number of alkyl halides is 1. The Labute approximate surface area is 122 Å². The Morgan fingerprint density at radius 3 is 2.28 bits per heavy atom. The zero-order valence-electron chi connectivity index (χ0n) is 12.3. The molecule has 0 bridgehead atoms. The second kappa shape index (κ2) is 6.74. The molecule has 0 amide bonds. The molecule has 2 fully saturated rings. The van der Waals surface area contributed by atoms with Gasteiger partial charge in [0.05, 0.1) is 0 Å². The molecule has 2 rings (SSSR count).